The number of halogens is 3. The molecule has 102 valence electrons. The predicted octanol–water partition coefficient (Wildman–Crippen LogP) is 2.19. The van der Waals surface area contributed by atoms with Crippen LogP contribution in [0.2, 0.25) is 0 Å². The zero-order valence-electron chi connectivity index (χ0n) is 10.3. The van der Waals surface area contributed by atoms with Gasteiger partial charge in [-0.05, 0) is 18.6 Å². The van der Waals surface area contributed by atoms with E-state index in [1.807, 2.05) is 6.92 Å². The van der Waals surface area contributed by atoms with E-state index in [4.69, 9.17) is 0 Å². The molecule has 0 bridgehead atoms. The number of rotatable bonds is 0. The van der Waals surface area contributed by atoms with Gasteiger partial charge in [-0.2, -0.15) is 13.2 Å². The highest BCUT2D eigenvalue weighted by Gasteiger charge is 2.46. The third-order valence-electron chi connectivity index (χ3n) is 3.82. The highest BCUT2D eigenvalue weighted by molar-refractivity contribution is 6.01. The molecule has 2 aliphatic heterocycles. The van der Waals surface area contributed by atoms with Gasteiger partial charge in [-0.3, -0.25) is 4.79 Å². The van der Waals surface area contributed by atoms with E-state index in [-0.39, 0.29) is 17.6 Å². The first kappa shape index (κ1) is 12.5. The molecule has 1 aromatic rings. The number of benzene rings is 1. The Labute approximate surface area is 108 Å². The zero-order valence-corrected chi connectivity index (χ0v) is 10.3. The summed E-state index contributed by atoms with van der Waals surface area (Å²) in [6, 6.07) is 3.64. The van der Waals surface area contributed by atoms with Crippen molar-refractivity contribution in [3.05, 3.63) is 34.9 Å². The van der Waals surface area contributed by atoms with E-state index in [0.717, 1.165) is 6.07 Å². The molecule has 2 heterocycles. The van der Waals surface area contributed by atoms with Crippen LogP contribution in [0.3, 0.4) is 0 Å². The Balaban J connectivity index is 2.18. The van der Waals surface area contributed by atoms with Crippen LogP contribution < -0.4 is 5.32 Å². The first-order valence-corrected chi connectivity index (χ1v) is 6.15. The van der Waals surface area contributed by atoms with Crippen molar-refractivity contribution in [2.45, 2.75) is 25.2 Å². The van der Waals surface area contributed by atoms with Gasteiger partial charge in [0.15, 0.2) is 0 Å². The summed E-state index contributed by atoms with van der Waals surface area (Å²) in [4.78, 5) is 13.8. The molecule has 1 saturated heterocycles. The summed E-state index contributed by atoms with van der Waals surface area (Å²) in [5.41, 5.74) is -0.508. The number of carbonyl (C=O) groups is 1. The molecule has 6 heteroatoms. The van der Waals surface area contributed by atoms with Crippen LogP contribution in [0.15, 0.2) is 18.2 Å². The molecule has 2 atom stereocenters. The van der Waals surface area contributed by atoms with Crippen LogP contribution in [0.4, 0.5) is 13.2 Å². The molecular weight excluding hydrogens is 257 g/mol. The normalized spacial score (nSPS) is 26.3. The second-order valence-electron chi connectivity index (χ2n) is 4.95. The summed E-state index contributed by atoms with van der Waals surface area (Å²) >= 11 is 0. The maximum atomic E-state index is 13.0. The van der Waals surface area contributed by atoms with E-state index < -0.39 is 17.6 Å². The lowest BCUT2D eigenvalue weighted by Gasteiger charge is -2.36. The Kier molecular flexibility index (Phi) is 2.60. The van der Waals surface area contributed by atoms with Crippen LogP contribution in [0, 0.1) is 0 Å². The number of carbonyl (C=O) groups excluding carboxylic acids is 1. The summed E-state index contributed by atoms with van der Waals surface area (Å²) in [5, 5.41) is 3.20. The molecule has 0 spiro atoms. The summed E-state index contributed by atoms with van der Waals surface area (Å²) in [6.45, 7) is 2.94. The van der Waals surface area contributed by atoms with Crippen molar-refractivity contribution >= 4 is 5.91 Å². The predicted molar refractivity (Wildman–Crippen MR) is 62.7 cm³/mol. The quantitative estimate of drug-likeness (QED) is 0.783. The summed E-state index contributed by atoms with van der Waals surface area (Å²) in [5.74, 6) is -0.499. The van der Waals surface area contributed by atoms with E-state index in [9.17, 15) is 18.0 Å². The molecule has 2 aliphatic rings. The van der Waals surface area contributed by atoms with Crippen molar-refractivity contribution in [3.63, 3.8) is 0 Å². The minimum atomic E-state index is -4.49. The summed E-state index contributed by atoms with van der Waals surface area (Å²) in [6.07, 6.45) is -4.49. The monoisotopic (exact) mass is 270 g/mol. The molecule has 1 amide bonds. The maximum absolute atomic E-state index is 13.0. The van der Waals surface area contributed by atoms with Crippen LogP contribution in [0.25, 0.3) is 0 Å². The molecule has 0 aromatic heterocycles. The Bertz CT molecular complexity index is 541. The Morgan fingerprint density at radius 3 is 2.79 bits per heavy atom. The first-order chi connectivity index (χ1) is 8.91. The number of hydrogen-bond acceptors (Lipinski definition) is 2. The van der Waals surface area contributed by atoms with Crippen molar-refractivity contribution < 1.29 is 18.0 Å². The van der Waals surface area contributed by atoms with Crippen LogP contribution in [0.5, 0.6) is 0 Å². The molecule has 1 N–H and O–H groups in total. The number of amides is 1. The molecule has 1 aromatic carbocycles. The molecule has 0 radical (unpaired) electrons. The van der Waals surface area contributed by atoms with Gasteiger partial charge in [-0.15, -0.1) is 0 Å². The van der Waals surface area contributed by atoms with E-state index in [1.54, 1.807) is 11.0 Å². The van der Waals surface area contributed by atoms with E-state index >= 15 is 0 Å². The average molecular weight is 270 g/mol. The largest absolute Gasteiger partial charge is 0.417 e. The smallest absolute Gasteiger partial charge is 0.329 e. The Hall–Kier alpha value is -1.56. The number of alkyl halides is 3. The fourth-order valence-electron chi connectivity index (χ4n) is 3.03. The van der Waals surface area contributed by atoms with Gasteiger partial charge in [0.1, 0.15) is 0 Å². The van der Waals surface area contributed by atoms with Crippen LogP contribution in [-0.2, 0) is 6.18 Å². The molecule has 19 heavy (non-hydrogen) atoms. The molecule has 1 fully saturated rings. The minimum absolute atomic E-state index is 0.0394. The van der Waals surface area contributed by atoms with Gasteiger partial charge in [-0.25, -0.2) is 0 Å². The number of fused-ring (bicyclic) bond motifs is 3. The third kappa shape index (κ3) is 1.74. The molecule has 0 aliphatic carbocycles. The van der Waals surface area contributed by atoms with Crippen molar-refractivity contribution in [2.75, 3.05) is 13.1 Å². The van der Waals surface area contributed by atoms with Crippen molar-refractivity contribution in [1.82, 2.24) is 10.2 Å². The highest BCUT2D eigenvalue weighted by Crippen LogP contribution is 2.43. The highest BCUT2D eigenvalue weighted by atomic mass is 19.4. The van der Waals surface area contributed by atoms with Crippen LogP contribution in [-0.4, -0.2) is 29.9 Å². The topological polar surface area (TPSA) is 32.3 Å². The fraction of sp³-hybridized carbons (Fsp3) is 0.462. The molecular formula is C13H13F3N2O. The van der Waals surface area contributed by atoms with Crippen molar-refractivity contribution in [2.24, 2.45) is 0 Å². The summed E-state index contributed by atoms with van der Waals surface area (Å²) in [7, 11) is 0. The van der Waals surface area contributed by atoms with E-state index in [0.29, 0.717) is 18.7 Å². The van der Waals surface area contributed by atoms with Crippen LogP contribution >= 0.6 is 0 Å². The second-order valence-corrected chi connectivity index (χ2v) is 4.95. The van der Waals surface area contributed by atoms with Gasteiger partial charge in [-0.1, -0.05) is 12.1 Å². The number of nitrogens with zero attached hydrogens (tertiary/aromatic N) is 1. The lowest BCUT2D eigenvalue weighted by molar-refractivity contribution is -0.137. The first-order valence-electron chi connectivity index (χ1n) is 6.15. The third-order valence-corrected chi connectivity index (χ3v) is 3.82. The number of nitrogens with one attached hydrogen (secondary N) is 1. The average Bonchev–Trinajstić information content (AvgIpc) is 2.64. The summed E-state index contributed by atoms with van der Waals surface area (Å²) < 4.78 is 39.0. The molecule has 3 rings (SSSR count). The number of piperazine rings is 1. The van der Waals surface area contributed by atoms with Gasteiger partial charge >= 0.3 is 6.18 Å². The molecule has 3 nitrogen and oxygen atoms in total. The lowest BCUT2D eigenvalue weighted by Crippen LogP contribution is -2.50. The van der Waals surface area contributed by atoms with Gasteiger partial charge in [0, 0.05) is 19.1 Å². The van der Waals surface area contributed by atoms with Gasteiger partial charge in [0.2, 0.25) is 0 Å². The number of hydrogen-bond donors (Lipinski definition) is 1. The standard InChI is InChI=1S/C13H13F3N2O/c1-7-11-8-3-2-4-9(13(14,15)16)10(8)12(19)18(11)6-5-17-7/h2-4,7,11,17H,5-6H2,1H3/t7-,11-/m0/s1. The fourth-order valence-corrected chi connectivity index (χ4v) is 3.03. The molecule has 0 saturated carbocycles. The van der Waals surface area contributed by atoms with Crippen LogP contribution in [0.1, 0.15) is 34.5 Å². The van der Waals surface area contributed by atoms with E-state index in [2.05, 4.69) is 5.32 Å². The van der Waals surface area contributed by atoms with Crippen molar-refractivity contribution in [3.8, 4) is 0 Å². The van der Waals surface area contributed by atoms with Crippen molar-refractivity contribution in [1.29, 1.82) is 0 Å². The second kappa shape index (κ2) is 3.96. The molecule has 0 unspecified atom stereocenters. The minimum Gasteiger partial charge on any atom is -0.329 e. The Morgan fingerprint density at radius 1 is 1.37 bits per heavy atom. The Morgan fingerprint density at radius 2 is 2.11 bits per heavy atom. The lowest BCUT2D eigenvalue weighted by atomic mass is 9.95. The zero-order chi connectivity index (χ0) is 13.8. The van der Waals surface area contributed by atoms with Gasteiger partial charge < -0.3 is 10.2 Å². The van der Waals surface area contributed by atoms with E-state index in [1.165, 1.54) is 6.07 Å². The maximum Gasteiger partial charge on any atom is 0.417 e. The van der Waals surface area contributed by atoms with Gasteiger partial charge in [0.25, 0.3) is 5.91 Å². The van der Waals surface area contributed by atoms with Gasteiger partial charge in [0.05, 0.1) is 17.2 Å². The SMILES string of the molecule is C[C@@H]1NCCN2C(=O)c3c(cccc3C(F)(F)F)[C@H]12.